The molecule has 6 heterocycles. The van der Waals surface area contributed by atoms with Crippen LogP contribution in [0.1, 0.15) is 90.4 Å². The van der Waals surface area contributed by atoms with Crippen molar-refractivity contribution in [2.24, 2.45) is 11.8 Å². The van der Waals surface area contributed by atoms with E-state index in [0.29, 0.717) is 51.3 Å². The number of fused-ring (bicyclic) bond motifs is 6. The van der Waals surface area contributed by atoms with E-state index in [1.54, 1.807) is 54.6 Å². The second kappa shape index (κ2) is 35.3. The predicted octanol–water partition coefficient (Wildman–Crippen LogP) is 8.48. The zero-order valence-electron chi connectivity index (χ0n) is 49.0. The topological polar surface area (TPSA) is 299 Å². The van der Waals surface area contributed by atoms with Gasteiger partial charge in [0.05, 0.1) is 24.5 Å². The molecule has 0 saturated carbocycles. The minimum atomic E-state index is -2.63. The molecule has 22 heteroatoms. The number of aliphatic carboxylic acids is 2. The molecule has 6 saturated heterocycles. The maximum Gasteiger partial charge on any atom is 0.333 e. The Kier molecular flexibility index (Phi) is 28.1. The number of ketones is 2. The van der Waals surface area contributed by atoms with Crippen LogP contribution in [0.3, 0.4) is 0 Å². The number of hydrogen-bond acceptors (Lipinski definition) is 16. The monoisotopic (exact) mass is 1280 g/mol. The Bertz CT molecular complexity index is 3180. The lowest BCUT2D eigenvalue weighted by Gasteiger charge is -2.51. The number of esters is 2. The van der Waals surface area contributed by atoms with E-state index in [0.717, 1.165) is 69.5 Å². The summed E-state index contributed by atoms with van der Waals surface area (Å²) in [6.45, 7) is 11.2. The van der Waals surface area contributed by atoms with Crippen molar-refractivity contribution >= 4 is 62.7 Å². The number of piperidine rings is 6. The first-order valence-corrected chi connectivity index (χ1v) is 29.7. The van der Waals surface area contributed by atoms with E-state index in [2.05, 4.69) is 31.5 Å². The van der Waals surface area contributed by atoms with E-state index in [1.165, 1.54) is 55.5 Å². The standard InChI is InChI=1S/C29H29FN2O4.C21H23FN2O2.C8H7BrO2.C4H4O6.C2H3N.C2H6/c30-23-8-10-24(11-9-23)31-28(22-4-2-1-3-5-22)29(35)36-27-19-32(16-14-21(27)15-17-32)18-26(34)20-6-12-25(33)13-7-20;22-17-6-8-18(9-7-17)23-20(16-4-2-1-3-5-16)21(25)26-19-14-24-12-10-15(19)11-13-24;9-5-8(11)6-1-3-7(10)4-2-6;5-1(3(7)8)2(6)4(9)10;1-2-3;1-2/h1-13,21,27-28,31H,14-19H2;1-9,15,19-20,23H,10-14H2;1-4,10H,5H2;1-2H,(H,7,8)(H,9,10);1H3;1-2H3/q;;;-2;;/p+1/t21?,27-,28-,32?;19-,20-;;1-,2-;;/m00.0../s1. The molecule has 4 bridgehead atoms. The number of aromatic hydroxyl groups is 2. The zero-order chi connectivity index (χ0) is 64.3. The van der Waals surface area contributed by atoms with Crippen LogP contribution >= 0.6 is 15.9 Å². The number of anilines is 2. The van der Waals surface area contributed by atoms with E-state index in [4.69, 9.17) is 30.1 Å². The number of quaternary nitrogens is 1. The smallest absolute Gasteiger partial charge is 0.333 e. The molecular weight excluding hydrogens is 1200 g/mol. The van der Waals surface area contributed by atoms with Crippen LogP contribution in [0.25, 0.3) is 0 Å². The lowest BCUT2D eigenvalue weighted by Crippen LogP contribution is -2.65. The fraction of sp³-hybridized carbons (Fsp3) is 0.348. The first-order valence-electron chi connectivity index (χ1n) is 28.6. The van der Waals surface area contributed by atoms with Crippen molar-refractivity contribution < 1.29 is 82.1 Å². The lowest BCUT2D eigenvalue weighted by molar-refractivity contribution is -0.938. The average molecular weight is 1280 g/mol. The van der Waals surface area contributed by atoms with E-state index in [1.807, 2.05) is 74.5 Å². The van der Waals surface area contributed by atoms with Gasteiger partial charge in [0.15, 0.2) is 24.0 Å². The summed E-state index contributed by atoms with van der Waals surface area (Å²) in [5.74, 6) is -4.10. The Morgan fingerprint density at radius 2 is 0.989 bits per heavy atom. The van der Waals surface area contributed by atoms with Crippen LogP contribution < -0.4 is 20.8 Å². The van der Waals surface area contributed by atoms with Gasteiger partial charge in [-0.1, -0.05) is 90.4 Å². The van der Waals surface area contributed by atoms with Gasteiger partial charge < -0.3 is 55.2 Å². The molecule has 0 aromatic heterocycles. The Morgan fingerprint density at radius 1 is 0.614 bits per heavy atom. The fourth-order valence-electron chi connectivity index (χ4n) is 10.4. The number of nitrogens with zero attached hydrogens (tertiary/aromatic N) is 3. The quantitative estimate of drug-likeness (QED) is 0.0203. The van der Waals surface area contributed by atoms with Crippen LogP contribution in [-0.4, -0.2) is 141 Å². The summed E-state index contributed by atoms with van der Waals surface area (Å²) in [6, 6.07) is 43.7. The number of Topliss-reactive ketones (excluding diaryl/α,β-unsaturated/α-hetero) is 2. The van der Waals surface area contributed by atoms with Crippen molar-refractivity contribution in [1.82, 2.24) is 4.90 Å². The van der Waals surface area contributed by atoms with Crippen LogP contribution in [0.2, 0.25) is 0 Å². The Morgan fingerprint density at radius 3 is 1.35 bits per heavy atom. The van der Waals surface area contributed by atoms with E-state index >= 15 is 0 Å². The second-order valence-corrected chi connectivity index (χ2v) is 21.4. The molecule has 88 heavy (non-hydrogen) atoms. The molecule has 12 rings (SSSR count). The maximum atomic E-state index is 13.5. The number of nitrogens with one attached hydrogen (secondary N) is 2. The van der Waals surface area contributed by atoms with E-state index < -0.39 is 36.2 Å². The molecule has 6 aliphatic rings. The summed E-state index contributed by atoms with van der Waals surface area (Å²) in [6.07, 6.45) is -1.56. The molecule has 6 atom stereocenters. The minimum Gasteiger partial charge on any atom is -0.844 e. The molecule has 0 aliphatic carbocycles. The van der Waals surface area contributed by atoms with Gasteiger partial charge in [-0.05, 0) is 152 Å². The normalized spacial score (nSPS) is 20.3. The molecule has 6 aliphatic heterocycles. The van der Waals surface area contributed by atoms with Gasteiger partial charge in [0.1, 0.15) is 42.3 Å². The third-order valence-corrected chi connectivity index (χ3v) is 15.5. The van der Waals surface area contributed by atoms with Crippen LogP contribution in [0.4, 0.5) is 20.2 Å². The zero-order valence-corrected chi connectivity index (χ0v) is 50.5. The molecule has 0 unspecified atom stereocenters. The molecule has 19 nitrogen and oxygen atoms in total. The van der Waals surface area contributed by atoms with Crippen LogP contribution in [0.15, 0.2) is 158 Å². The predicted molar refractivity (Wildman–Crippen MR) is 324 cm³/mol. The number of benzene rings is 6. The van der Waals surface area contributed by atoms with E-state index in [9.17, 15) is 52.9 Å². The van der Waals surface area contributed by atoms with Crippen LogP contribution in [0, 0.1) is 34.8 Å². The number of phenolic OH excluding ortho intramolecular Hbond substituents is 2. The third-order valence-electron chi connectivity index (χ3n) is 15.0. The number of hydrogen-bond donors (Lipinski definition) is 6. The third kappa shape index (κ3) is 21.4. The number of carbonyl (C=O) groups is 6. The molecular formula is C66H73BrF2N5O14-. The second-order valence-electron chi connectivity index (χ2n) is 20.9. The van der Waals surface area contributed by atoms with Gasteiger partial charge >= 0.3 is 11.9 Å². The summed E-state index contributed by atoms with van der Waals surface area (Å²) in [4.78, 5) is 72.2. The molecule has 6 N–H and O–H groups in total. The number of alkyl halides is 1. The molecule has 6 aromatic carbocycles. The minimum absolute atomic E-state index is 0.0185. The largest absolute Gasteiger partial charge is 0.844 e. The highest BCUT2D eigenvalue weighted by Gasteiger charge is 2.49. The van der Waals surface area contributed by atoms with E-state index in [-0.39, 0.29) is 64.8 Å². The SMILES string of the molecule is CC.CC#N.O=C(CBr)c1ccc(O)cc1.O=C(C[N+]12CCC(CC1)[C@@H](OC(=O)[C@@H](Nc1ccc(F)cc1)c1ccccc1)C2)c1ccc(O)cc1.O=C(O)[C@@H]([O-])[C@H]([O-])C(=O)O.O=C(O[C@H]1CN2CCC1CC2)[C@@H](Nc1ccc(F)cc1)c1ccccc1. The summed E-state index contributed by atoms with van der Waals surface area (Å²) in [5.41, 5.74) is 4.10. The molecule has 0 radical (unpaired) electrons. The van der Waals surface area contributed by atoms with Crippen LogP contribution in [0.5, 0.6) is 11.5 Å². The Labute approximate surface area is 518 Å². The first-order chi connectivity index (χ1) is 42.2. The molecule has 6 fully saturated rings. The maximum absolute atomic E-state index is 13.5. The van der Waals surface area contributed by atoms with Crippen molar-refractivity contribution in [3.05, 3.63) is 192 Å². The first kappa shape index (κ1) is 70.2. The molecule has 6 aromatic rings. The lowest BCUT2D eigenvalue weighted by atomic mass is 9.82. The number of rotatable bonds is 18. The van der Waals surface area contributed by atoms with Crippen molar-refractivity contribution in [3.63, 3.8) is 0 Å². The Balaban J connectivity index is 0.000000235. The van der Waals surface area contributed by atoms with Gasteiger partial charge in [-0.3, -0.25) is 24.1 Å². The highest BCUT2D eigenvalue weighted by atomic mass is 79.9. The number of carbonyl (C=O) groups excluding carboxylic acids is 4. The van der Waals surface area contributed by atoms with Gasteiger partial charge in [-0.15, -0.1) is 0 Å². The summed E-state index contributed by atoms with van der Waals surface area (Å²) >= 11 is 3.06. The van der Waals surface area contributed by atoms with Gasteiger partial charge in [-0.2, -0.15) is 5.26 Å². The van der Waals surface area contributed by atoms with Crippen LogP contribution in [-0.2, 0) is 28.7 Å². The number of halogens is 3. The van der Waals surface area contributed by atoms with Gasteiger partial charge in [0, 0.05) is 54.7 Å². The Hall–Kier alpha value is -8.59. The van der Waals surface area contributed by atoms with Crippen molar-refractivity contribution in [2.75, 3.05) is 61.8 Å². The number of carboxylic acid groups (broad SMARTS) is 2. The van der Waals surface area contributed by atoms with Crippen molar-refractivity contribution in [3.8, 4) is 17.6 Å². The number of phenols is 2. The molecule has 0 amide bonds. The average Bonchev–Trinajstić information content (AvgIpc) is 1.15. The van der Waals surface area contributed by atoms with Crippen molar-refractivity contribution in [2.45, 2.75) is 83.0 Å². The number of ether oxygens (including phenoxy) is 2. The van der Waals surface area contributed by atoms with Gasteiger partial charge in [-0.25, -0.2) is 18.4 Å². The number of nitriles is 1. The highest BCUT2D eigenvalue weighted by Crippen LogP contribution is 2.37. The molecule has 468 valence electrons. The fourth-order valence-corrected chi connectivity index (χ4v) is 10.7. The highest BCUT2D eigenvalue weighted by molar-refractivity contribution is 9.09. The van der Waals surface area contributed by atoms with Crippen molar-refractivity contribution in [1.29, 1.82) is 5.26 Å². The molecule has 0 spiro atoms. The summed E-state index contributed by atoms with van der Waals surface area (Å²) in [7, 11) is 0. The summed E-state index contributed by atoms with van der Waals surface area (Å²) in [5, 5.41) is 68.3. The van der Waals surface area contributed by atoms with Gasteiger partial charge in [0.25, 0.3) is 11.9 Å². The summed E-state index contributed by atoms with van der Waals surface area (Å²) < 4.78 is 39.2. The van der Waals surface area contributed by atoms with Gasteiger partial charge in [0.2, 0.25) is 5.78 Å². The number of carboxylic acids is 2.